The van der Waals surface area contributed by atoms with Crippen molar-refractivity contribution in [3.8, 4) is 5.88 Å². The van der Waals surface area contributed by atoms with Crippen LogP contribution >= 0.6 is 0 Å². The summed E-state index contributed by atoms with van der Waals surface area (Å²) in [6.07, 6.45) is 0. The second kappa shape index (κ2) is 10.4. The number of rotatable bonds is 7. The molecule has 2 fully saturated rings. The maximum Gasteiger partial charge on any atom is 0.274 e. The minimum absolute atomic E-state index is 0.236. The fourth-order valence-corrected chi connectivity index (χ4v) is 3.42. The van der Waals surface area contributed by atoms with E-state index in [9.17, 15) is 4.79 Å². The summed E-state index contributed by atoms with van der Waals surface area (Å²) in [7, 11) is 0. The van der Waals surface area contributed by atoms with Crippen molar-refractivity contribution in [2.75, 3.05) is 81.7 Å². The number of ether oxygens (including phenoxy) is 3. The Kier molecular flexibility index (Phi) is 7.13. The number of carbonyl (C=O) groups is 1. The highest BCUT2D eigenvalue weighted by molar-refractivity contribution is 6.03. The van der Waals surface area contributed by atoms with Gasteiger partial charge in [0.25, 0.3) is 5.91 Å². The molecule has 2 aliphatic heterocycles. The number of morpholine rings is 2. The summed E-state index contributed by atoms with van der Waals surface area (Å²) in [5.41, 5.74) is 7.22. The lowest BCUT2D eigenvalue weighted by atomic mass is 10.2. The van der Waals surface area contributed by atoms with Crippen molar-refractivity contribution in [3.63, 3.8) is 0 Å². The number of nitrogens with zero attached hydrogens (tertiary/aromatic N) is 4. The second-order valence-electron chi connectivity index (χ2n) is 7.37. The molecule has 0 atom stereocenters. The van der Waals surface area contributed by atoms with Crippen molar-refractivity contribution in [1.29, 1.82) is 0 Å². The average molecular weight is 428 g/mol. The van der Waals surface area contributed by atoms with Gasteiger partial charge in [-0.05, 0) is 18.2 Å². The summed E-state index contributed by atoms with van der Waals surface area (Å²) in [5, 5.41) is 2.83. The van der Waals surface area contributed by atoms with Crippen LogP contribution in [0.4, 0.5) is 17.3 Å². The fraction of sp³-hybridized carbons (Fsp3) is 0.476. The molecule has 10 nitrogen and oxygen atoms in total. The Labute approximate surface area is 181 Å². The number of nitrogen functional groups attached to an aromatic ring is 1. The molecule has 2 aliphatic rings. The first-order valence-electron chi connectivity index (χ1n) is 10.5. The van der Waals surface area contributed by atoms with Gasteiger partial charge < -0.3 is 30.2 Å². The standard InChI is InChI=1S/C21H28N6O4/c22-16-2-1-3-17(14-16)23-20(28)18-15-19(31-13-6-26-4-9-29-10-5-26)25-21(24-18)27-7-11-30-12-8-27/h1-3,14-15H,4-13,22H2,(H,23,28). The van der Waals surface area contributed by atoms with Gasteiger partial charge in [-0.15, -0.1) is 0 Å². The zero-order chi connectivity index (χ0) is 21.5. The van der Waals surface area contributed by atoms with Crippen LogP contribution in [0.25, 0.3) is 0 Å². The molecule has 31 heavy (non-hydrogen) atoms. The van der Waals surface area contributed by atoms with Crippen LogP contribution in [0.2, 0.25) is 0 Å². The summed E-state index contributed by atoms with van der Waals surface area (Å²) in [6.45, 7) is 7.00. The van der Waals surface area contributed by atoms with Crippen molar-refractivity contribution in [3.05, 3.63) is 36.0 Å². The van der Waals surface area contributed by atoms with Crippen LogP contribution in [0, 0.1) is 0 Å². The lowest BCUT2D eigenvalue weighted by Crippen LogP contribution is -2.39. The van der Waals surface area contributed by atoms with E-state index in [-0.39, 0.29) is 11.6 Å². The number of benzene rings is 1. The smallest absolute Gasteiger partial charge is 0.274 e. The molecule has 3 heterocycles. The van der Waals surface area contributed by atoms with Gasteiger partial charge in [-0.3, -0.25) is 9.69 Å². The van der Waals surface area contributed by atoms with Gasteiger partial charge in [0.1, 0.15) is 12.3 Å². The van der Waals surface area contributed by atoms with E-state index in [1.54, 1.807) is 30.3 Å². The number of nitrogens with two attached hydrogens (primary N) is 1. The van der Waals surface area contributed by atoms with Crippen LogP contribution < -0.4 is 20.7 Å². The minimum Gasteiger partial charge on any atom is -0.476 e. The Hall–Kier alpha value is -2.95. The highest BCUT2D eigenvalue weighted by Gasteiger charge is 2.19. The van der Waals surface area contributed by atoms with Crippen molar-refractivity contribution in [1.82, 2.24) is 14.9 Å². The van der Waals surface area contributed by atoms with Crippen molar-refractivity contribution >= 4 is 23.2 Å². The van der Waals surface area contributed by atoms with Gasteiger partial charge in [0.2, 0.25) is 11.8 Å². The third kappa shape index (κ3) is 6.03. The van der Waals surface area contributed by atoms with E-state index in [4.69, 9.17) is 19.9 Å². The Bertz CT molecular complexity index is 884. The first kappa shape index (κ1) is 21.3. The Morgan fingerprint density at radius 2 is 1.81 bits per heavy atom. The highest BCUT2D eigenvalue weighted by Crippen LogP contribution is 2.19. The van der Waals surface area contributed by atoms with Gasteiger partial charge in [-0.1, -0.05) is 6.07 Å². The van der Waals surface area contributed by atoms with Crippen LogP contribution in [0.15, 0.2) is 30.3 Å². The molecule has 0 radical (unpaired) electrons. The zero-order valence-electron chi connectivity index (χ0n) is 17.5. The number of hydrogen-bond donors (Lipinski definition) is 2. The predicted octanol–water partition coefficient (Wildman–Crippen LogP) is 0.859. The molecule has 1 amide bonds. The molecule has 1 aromatic heterocycles. The van der Waals surface area contributed by atoms with Gasteiger partial charge in [0.05, 0.1) is 26.4 Å². The molecule has 0 aliphatic carbocycles. The van der Waals surface area contributed by atoms with Crippen molar-refractivity contribution in [2.24, 2.45) is 0 Å². The van der Waals surface area contributed by atoms with Crippen LogP contribution in [0.5, 0.6) is 5.88 Å². The summed E-state index contributed by atoms with van der Waals surface area (Å²) < 4.78 is 16.7. The van der Waals surface area contributed by atoms with Crippen LogP contribution in [-0.2, 0) is 9.47 Å². The number of hydrogen-bond acceptors (Lipinski definition) is 9. The van der Waals surface area contributed by atoms with E-state index in [2.05, 4.69) is 20.2 Å². The van der Waals surface area contributed by atoms with E-state index in [0.29, 0.717) is 56.1 Å². The van der Waals surface area contributed by atoms with Crippen molar-refractivity contribution in [2.45, 2.75) is 0 Å². The topological polar surface area (TPSA) is 115 Å². The molecular weight excluding hydrogens is 400 g/mol. The van der Waals surface area contributed by atoms with Crippen LogP contribution in [0.3, 0.4) is 0 Å². The average Bonchev–Trinajstić information content (AvgIpc) is 2.80. The van der Waals surface area contributed by atoms with Gasteiger partial charge in [0, 0.05) is 50.2 Å². The number of amides is 1. The molecule has 0 bridgehead atoms. The van der Waals surface area contributed by atoms with Crippen LogP contribution in [0.1, 0.15) is 10.5 Å². The third-order valence-corrected chi connectivity index (χ3v) is 5.12. The fourth-order valence-electron chi connectivity index (χ4n) is 3.42. The van der Waals surface area contributed by atoms with Gasteiger partial charge in [-0.25, -0.2) is 4.98 Å². The normalized spacial score (nSPS) is 17.4. The zero-order valence-corrected chi connectivity index (χ0v) is 17.5. The Balaban J connectivity index is 1.48. The molecular formula is C21H28N6O4. The molecule has 0 saturated carbocycles. The molecule has 3 N–H and O–H groups in total. The molecule has 10 heteroatoms. The van der Waals surface area contributed by atoms with Crippen LogP contribution in [-0.4, -0.2) is 86.5 Å². The molecule has 166 valence electrons. The molecule has 0 spiro atoms. The number of carbonyl (C=O) groups excluding carboxylic acids is 1. The first-order chi connectivity index (χ1) is 15.2. The summed E-state index contributed by atoms with van der Waals surface area (Å²) in [5.74, 6) is 0.493. The van der Waals surface area contributed by atoms with E-state index >= 15 is 0 Å². The van der Waals surface area contributed by atoms with E-state index in [0.717, 1.165) is 32.8 Å². The molecule has 2 saturated heterocycles. The van der Waals surface area contributed by atoms with E-state index in [1.165, 1.54) is 0 Å². The lowest BCUT2D eigenvalue weighted by molar-refractivity contribution is 0.0320. The number of nitrogens with one attached hydrogen (secondary N) is 1. The van der Waals surface area contributed by atoms with E-state index < -0.39 is 0 Å². The minimum atomic E-state index is -0.347. The third-order valence-electron chi connectivity index (χ3n) is 5.12. The van der Waals surface area contributed by atoms with E-state index in [1.807, 2.05) is 4.90 Å². The molecule has 1 aromatic carbocycles. The van der Waals surface area contributed by atoms with Gasteiger partial charge in [-0.2, -0.15) is 4.98 Å². The molecule has 2 aromatic rings. The molecule has 0 unspecified atom stereocenters. The Morgan fingerprint density at radius 1 is 1.06 bits per heavy atom. The monoisotopic (exact) mass is 428 g/mol. The maximum atomic E-state index is 12.9. The maximum absolute atomic E-state index is 12.9. The summed E-state index contributed by atoms with van der Waals surface area (Å²) >= 11 is 0. The quantitative estimate of drug-likeness (QED) is 0.620. The number of aromatic nitrogens is 2. The first-order valence-corrected chi connectivity index (χ1v) is 10.5. The SMILES string of the molecule is Nc1cccc(NC(=O)c2cc(OCCN3CCOCC3)nc(N3CCOCC3)n2)c1. The van der Waals surface area contributed by atoms with Gasteiger partial charge >= 0.3 is 0 Å². The molecule has 4 rings (SSSR count). The highest BCUT2D eigenvalue weighted by atomic mass is 16.5. The lowest BCUT2D eigenvalue weighted by Gasteiger charge is -2.27. The predicted molar refractivity (Wildman–Crippen MR) is 117 cm³/mol. The number of anilines is 3. The second-order valence-corrected chi connectivity index (χ2v) is 7.37. The Morgan fingerprint density at radius 3 is 2.55 bits per heavy atom. The summed E-state index contributed by atoms with van der Waals surface area (Å²) in [6, 6.07) is 8.59. The summed E-state index contributed by atoms with van der Waals surface area (Å²) in [4.78, 5) is 26.2. The largest absolute Gasteiger partial charge is 0.476 e. The van der Waals surface area contributed by atoms with Gasteiger partial charge in [0.15, 0.2) is 0 Å². The van der Waals surface area contributed by atoms with Crippen molar-refractivity contribution < 1.29 is 19.0 Å².